The predicted molar refractivity (Wildman–Crippen MR) is 77.5 cm³/mol. The maximum Gasteiger partial charge on any atom is 0.269 e. The van der Waals surface area contributed by atoms with Crippen LogP contribution < -0.4 is 5.56 Å². The van der Waals surface area contributed by atoms with Gasteiger partial charge in [0.05, 0.1) is 16.8 Å². The molecule has 1 N–H and O–H groups in total. The third kappa shape index (κ3) is 2.59. The molecule has 2 aromatic rings. The number of aliphatic hydroxyl groups excluding tert-OH is 1. The lowest BCUT2D eigenvalue weighted by molar-refractivity contribution is 0.113. The van der Waals surface area contributed by atoms with Gasteiger partial charge in [-0.05, 0) is 30.9 Å². The topological polar surface area (TPSA) is 45.5 Å². The van der Waals surface area contributed by atoms with Crippen molar-refractivity contribution in [3.63, 3.8) is 0 Å². The van der Waals surface area contributed by atoms with E-state index in [1.165, 1.54) is 11.5 Å². The Morgan fingerprint density at radius 3 is 2.68 bits per heavy atom. The molecule has 0 amide bonds. The van der Waals surface area contributed by atoms with Gasteiger partial charge in [0.25, 0.3) is 5.56 Å². The lowest BCUT2D eigenvalue weighted by Crippen LogP contribution is -2.37. The molecule has 0 atom stereocenters. The molecule has 0 radical (unpaired) electrons. The van der Waals surface area contributed by atoms with Gasteiger partial charge in [-0.3, -0.25) is 9.69 Å². The molecule has 0 unspecified atom stereocenters. The molecule has 0 spiro atoms. The van der Waals surface area contributed by atoms with Gasteiger partial charge in [-0.15, -0.1) is 0 Å². The Morgan fingerprint density at radius 1 is 1.26 bits per heavy atom. The number of hydrogen-bond donors (Lipinski definition) is 1. The molecule has 1 aromatic carbocycles. The number of rotatable bonds is 3. The largest absolute Gasteiger partial charge is 0.396 e. The predicted octanol–water partition coefficient (Wildman–Crippen LogP) is 1.72. The summed E-state index contributed by atoms with van der Waals surface area (Å²) in [5, 5.41) is 9.95. The first-order valence-electron chi connectivity index (χ1n) is 6.70. The third-order valence-corrected chi connectivity index (χ3v) is 4.90. The van der Waals surface area contributed by atoms with Crippen molar-refractivity contribution in [3.05, 3.63) is 34.6 Å². The van der Waals surface area contributed by atoms with E-state index < -0.39 is 0 Å². The molecule has 3 rings (SSSR count). The molecule has 0 bridgehead atoms. The summed E-state index contributed by atoms with van der Waals surface area (Å²) in [5.74, 6) is 0.440. The van der Waals surface area contributed by atoms with Crippen LogP contribution in [0.5, 0.6) is 0 Å². The summed E-state index contributed by atoms with van der Waals surface area (Å²) in [6, 6.07) is 7.77. The van der Waals surface area contributed by atoms with E-state index in [1.807, 2.05) is 28.2 Å². The monoisotopic (exact) mass is 278 g/mol. The molecule has 5 heteroatoms. The molecule has 1 aromatic heterocycles. The molecule has 0 aliphatic carbocycles. The van der Waals surface area contributed by atoms with Gasteiger partial charge in [0, 0.05) is 19.7 Å². The first-order valence-corrected chi connectivity index (χ1v) is 7.47. The third-order valence-electron chi connectivity index (χ3n) is 3.85. The van der Waals surface area contributed by atoms with Crippen LogP contribution in [0.1, 0.15) is 12.8 Å². The van der Waals surface area contributed by atoms with Crippen LogP contribution >= 0.6 is 11.5 Å². The summed E-state index contributed by atoms with van der Waals surface area (Å²) < 4.78 is 2.89. The molecule has 1 saturated heterocycles. The second-order valence-corrected chi connectivity index (χ2v) is 6.22. The van der Waals surface area contributed by atoms with Gasteiger partial charge in [-0.2, -0.15) is 0 Å². The molecule has 4 nitrogen and oxygen atoms in total. The summed E-state index contributed by atoms with van der Waals surface area (Å²) in [6.45, 7) is 2.89. The van der Waals surface area contributed by atoms with Crippen LogP contribution in [0.25, 0.3) is 10.1 Å². The number of fused-ring (bicyclic) bond motifs is 1. The van der Waals surface area contributed by atoms with Crippen molar-refractivity contribution < 1.29 is 5.11 Å². The minimum atomic E-state index is 0.116. The number of likely N-dealkylation sites (tertiary alicyclic amines) is 1. The molecular weight excluding hydrogens is 260 g/mol. The van der Waals surface area contributed by atoms with E-state index in [0.29, 0.717) is 12.6 Å². The summed E-state index contributed by atoms with van der Waals surface area (Å²) in [5.41, 5.74) is 0.116. The van der Waals surface area contributed by atoms with Crippen molar-refractivity contribution in [3.8, 4) is 0 Å². The number of aliphatic hydroxyl groups is 1. The van der Waals surface area contributed by atoms with Gasteiger partial charge in [0.1, 0.15) is 0 Å². The Kier molecular flexibility index (Phi) is 3.68. The Hall–Kier alpha value is -1.17. The maximum absolute atomic E-state index is 12.2. The summed E-state index contributed by atoms with van der Waals surface area (Å²) in [4.78, 5) is 14.5. The number of nitrogens with zero attached hydrogens (tertiary/aromatic N) is 2. The van der Waals surface area contributed by atoms with Gasteiger partial charge < -0.3 is 5.11 Å². The second kappa shape index (κ2) is 5.45. The zero-order chi connectivity index (χ0) is 13.2. The molecule has 102 valence electrons. The number of aromatic nitrogens is 1. The Bertz CT molecular complexity index is 611. The van der Waals surface area contributed by atoms with Crippen molar-refractivity contribution in [1.82, 2.24) is 8.86 Å². The average molecular weight is 278 g/mol. The fraction of sp³-hybridized carbons (Fsp3) is 0.500. The summed E-state index contributed by atoms with van der Waals surface area (Å²) in [7, 11) is 0. The van der Waals surface area contributed by atoms with E-state index in [1.54, 1.807) is 0 Å². The highest BCUT2D eigenvalue weighted by atomic mass is 32.1. The van der Waals surface area contributed by atoms with Crippen molar-refractivity contribution >= 4 is 21.6 Å². The van der Waals surface area contributed by atoms with E-state index in [2.05, 4.69) is 4.90 Å². The zero-order valence-corrected chi connectivity index (χ0v) is 11.6. The lowest BCUT2D eigenvalue weighted by Gasteiger charge is -2.30. The van der Waals surface area contributed by atoms with E-state index >= 15 is 0 Å². The molecular formula is C14H18N2O2S. The van der Waals surface area contributed by atoms with Crippen molar-refractivity contribution in [2.45, 2.75) is 19.5 Å². The van der Waals surface area contributed by atoms with Crippen LogP contribution in [0.3, 0.4) is 0 Å². The second-order valence-electron chi connectivity index (χ2n) is 5.16. The standard InChI is InChI=1S/C14H18N2O2S/c17-9-11-5-7-15(8-6-11)10-16-14(18)12-3-1-2-4-13(12)19-16/h1-4,11,17H,5-10H2. The van der Waals surface area contributed by atoms with Crippen molar-refractivity contribution in [2.24, 2.45) is 5.92 Å². The number of piperidine rings is 1. The van der Waals surface area contributed by atoms with Crippen LogP contribution in [-0.4, -0.2) is 33.7 Å². The molecule has 1 fully saturated rings. The van der Waals surface area contributed by atoms with Gasteiger partial charge >= 0.3 is 0 Å². The Balaban J connectivity index is 1.75. The Morgan fingerprint density at radius 2 is 2.00 bits per heavy atom. The minimum Gasteiger partial charge on any atom is -0.396 e. The Labute approximate surface area is 116 Å². The fourth-order valence-corrected chi connectivity index (χ4v) is 3.64. The smallest absolute Gasteiger partial charge is 0.269 e. The summed E-state index contributed by atoms with van der Waals surface area (Å²) >= 11 is 1.54. The van der Waals surface area contributed by atoms with Gasteiger partial charge in [0.15, 0.2) is 0 Å². The number of hydrogen-bond acceptors (Lipinski definition) is 4. The van der Waals surface area contributed by atoms with E-state index in [9.17, 15) is 4.79 Å². The van der Waals surface area contributed by atoms with Crippen LogP contribution in [0.15, 0.2) is 29.1 Å². The van der Waals surface area contributed by atoms with Crippen LogP contribution in [0.4, 0.5) is 0 Å². The van der Waals surface area contributed by atoms with Gasteiger partial charge in [0.2, 0.25) is 0 Å². The summed E-state index contributed by atoms with van der Waals surface area (Å²) in [6.07, 6.45) is 2.05. The van der Waals surface area contributed by atoms with E-state index in [0.717, 1.165) is 36.0 Å². The molecule has 0 saturated carbocycles. The number of benzene rings is 1. The highest BCUT2D eigenvalue weighted by Crippen LogP contribution is 2.19. The SMILES string of the molecule is O=c1c2ccccc2sn1CN1CCC(CO)CC1. The quantitative estimate of drug-likeness (QED) is 0.930. The molecule has 19 heavy (non-hydrogen) atoms. The van der Waals surface area contributed by atoms with Crippen LogP contribution in [0, 0.1) is 5.92 Å². The highest BCUT2D eigenvalue weighted by molar-refractivity contribution is 7.13. The van der Waals surface area contributed by atoms with Gasteiger partial charge in [-0.25, -0.2) is 3.96 Å². The van der Waals surface area contributed by atoms with E-state index in [-0.39, 0.29) is 12.2 Å². The maximum atomic E-state index is 12.2. The highest BCUT2D eigenvalue weighted by Gasteiger charge is 2.19. The van der Waals surface area contributed by atoms with Gasteiger partial charge in [-0.1, -0.05) is 23.7 Å². The molecule has 1 aliphatic rings. The molecule has 2 heterocycles. The van der Waals surface area contributed by atoms with Crippen LogP contribution in [0.2, 0.25) is 0 Å². The lowest BCUT2D eigenvalue weighted by atomic mass is 9.98. The normalized spacial score (nSPS) is 18.2. The first kappa shape index (κ1) is 12.8. The fourth-order valence-electron chi connectivity index (χ4n) is 2.60. The zero-order valence-electron chi connectivity index (χ0n) is 10.8. The minimum absolute atomic E-state index is 0.116. The van der Waals surface area contributed by atoms with Crippen molar-refractivity contribution in [1.29, 1.82) is 0 Å². The van der Waals surface area contributed by atoms with E-state index in [4.69, 9.17) is 5.11 Å². The molecule has 1 aliphatic heterocycles. The first-order chi connectivity index (χ1) is 9.28. The average Bonchev–Trinajstić information content (AvgIpc) is 2.77. The van der Waals surface area contributed by atoms with Crippen LogP contribution in [-0.2, 0) is 6.67 Å². The van der Waals surface area contributed by atoms with Crippen molar-refractivity contribution in [2.75, 3.05) is 19.7 Å².